The minimum atomic E-state index is -0.0257. The summed E-state index contributed by atoms with van der Waals surface area (Å²) in [5.74, 6) is 1.24. The minimum Gasteiger partial charge on any atom is -0.436 e. The smallest absolute Gasteiger partial charge is 0.245 e. The van der Waals surface area contributed by atoms with E-state index in [9.17, 15) is 4.79 Å². The number of hydrogen-bond acceptors (Lipinski definition) is 4. The molecule has 2 aromatic rings. The summed E-state index contributed by atoms with van der Waals surface area (Å²) in [6, 6.07) is 6.54. The molecule has 0 aliphatic carbocycles. The second kappa shape index (κ2) is 7.59. The lowest BCUT2D eigenvalue weighted by molar-refractivity contribution is -0.115. The molecule has 1 N–H and O–H groups in total. The lowest BCUT2D eigenvalue weighted by Gasteiger charge is -2.37. The highest BCUT2D eigenvalue weighted by molar-refractivity contribution is 6.02. The van der Waals surface area contributed by atoms with Gasteiger partial charge in [-0.05, 0) is 57.7 Å². The van der Waals surface area contributed by atoms with Crippen LogP contribution in [0.2, 0.25) is 0 Å². The number of fused-ring (bicyclic) bond motifs is 1. The van der Waals surface area contributed by atoms with Gasteiger partial charge in [0.15, 0.2) is 0 Å². The van der Waals surface area contributed by atoms with Gasteiger partial charge in [0.25, 0.3) is 0 Å². The van der Waals surface area contributed by atoms with Crippen LogP contribution in [-0.4, -0.2) is 23.5 Å². The number of pyridine rings is 1. The Bertz CT molecular complexity index is 849. The number of aromatic nitrogens is 1. The van der Waals surface area contributed by atoms with Crippen LogP contribution in [0.5, 0.6) is 11.6 Å². The van der Waals surface area contributed by atoms with Gasteiger partial charge in [-0.2, -0.15) is 0 Å². The van der Waals surface area contributed by atoms with E-state index < -0.39 is 0 Å². The maximum Gasteiger partial charge on any atom is 0.245 e. The fourth-order valence-corrected chi connectivity index (χ4v) is 3.94. The van der Waals surface area contributed by atoms with Crippen molar-refractivity contribution < 1.29 is 9.53 Å². The van der Waals surface area contributed by atoms with Crippen LogP contribution in [0, 0.1) is 27.7 Å². The van der Waals surface area contributed by atoms with Gasteiger partial charge >= 0.3 is 0 Å². The van der Waals surface area contributed by atoms with Crippen LogP contribution in [0.3, 0.4) is 0 Å². The second-order valence-electron chi connectivity index (χ2n) is 7.44. The maximum absolute atomic E-state index is 12.4. The SMILES string of the molecule is CCC(CC)N1CC(=O)Nc2c1cc(C)nc2Oc1c(C)cc(C)cc1C. The predicted molar refractivity (Wildman–Crippen MR) is 110 cm³/mol. The van der Waals surface area contributed by atoms with Crippen molar-refractivity contribution in [3.05, 3.63) is 40.6 Å². The summed E-state index contributed by atoms with van der Waals surface area (Å²) in [5.41, 5.74) is 5.85. The molecule has 0 bridgehead atoms. The van der Waals surface area contributed by atoms with Crippen molar-refractivity contribution in [1.82, 2.24) is 4.98 Å². The minimum absolute atomic E-state index is 0.0257. The third kappa shape index (κ3) is 3.77. The van der Waals surface area contributed by atoms with Crippen molar-refractivity contribution in [2.24, 2.45) is 0 Å². The zero-order valence-corrected chi connectivity index (χ0v) is 17.1. The van der Waals surface area contributed by atoms with Crippen LogP contribution >= 0.6 is 0 Å². The molecular formula is C22H29N3O2. The van der Waals surface area contributed by atoms with Crippen molar-refractivity contribution in [2.45, 2.75) is 60.4 Å². The summed E-state index contributed by atoms with van der Waals surface area (Å²) in [7, 11) is 0. The molecule has 1 aromatic heterocycles. The first kappa shape index (κ1) is 19.2. The summed E-state index contributed by atoms with van der Waals surface area (Å²) < 4.78 is 6.27. The molecule has 0 spiro atoms. The van der Waals surface area contributed by atoms with Gasteiger partial charge in [-0.15, -0.1) is 0 Å². The first-order chi connectivity index (χ1) is 12.8. The molecule has 2 heterocycles. The average molecular weight is 367 g/mol. The van der Waals surface area contributed by atoms with Gasteiger partial charge in [-0.3, -0.25) is 4.79 Å². The van der Waals surface area contributed by atoms with E-state index in [0.29, 0.717) is 24.2 Å². The number of carbonyl (C=O) groups is 1. The number of aryl methyl sites for hydroxylation is 4. The summed E-state index contributed by atoms with van der Waals surface area (Å²) in [4.78, 5) is 19.2. The number of ether oxygens (including phenoxy) is 1. The molecule has 0 radical (unpaired) electrons. The number of anilines is 2. The number of hydrogen-bond donors (Lipinski definition) is 1. The highest BCUT2D eigenvalue weighted by atomic mass is 16.5. The maximum atomic E-state index is 12.4. The number of nitrogens with one attached hydrogen (secondary N) is 1. The molecule has 0 atom stereocenters. The first-order valence-electron chi connectivity index (χ1n) is 9.67. The average Bonchev–Trinajstić information content (AvgIpc) is 2.59. The van der Waals surface area contributed by atoms with E-state index in [4.69, 9.17) is 4.74 Å². The van der Waals surface area contributed by atoms with Gasteiger partial charge < -0.3 is 15.0 Å². The largest absolute Gasteiger partial charge is 0.436 e. The molecule has 0 saturated heterocycles. The predicted octanol–water partition coefficient (Wildman–Crippen LogP) is 5.05. The number of rotatable bonds is 5. The Morgan fingerprint density at radius 3 is 2.33 bits per heavy atom. The molecule has 1 aromatic carbocycles. The monoisotopic (exact) mass is 367 g/mol. The summed E-state index contributed by atoms with van der Waals surface area (Å²) in [5, 5.41) is 2.99. The molecule has 1 aliphatic heterocycles. The summed E-state index contributed by atoms with van der Waals surface area (Å²) in [6.45, 7) is 12.8. The zero-order valence-electron chi connectivity index (χ0n) is 17.1. The van der Waals surface area contributed by atoms with E-state index in [0.717, 1.165) is 41.1 Å². The first-order valence-corrected chi connectivity index (χ1v) is 9.67. The van der Waals surface area contributed by atoms with Crippen molar-refractivity contribution in [1.29, 1.82) is 0 Å². The van der Waals surface area contributed by atoms with E-state index in [2.05, 4.69) is 48.1 Å². The van der Waals surface area contributed by atoms with E-state index in [-0.39, 0.29) is 5.91 Å². The Balaban J connectivity index is 2.10. The molecule has 5 nitrogen and oxygen atoms in total. The lowest BCUT2D eigenvalue weighted by Crippen LogP contribution is -2.44. The van der Waals surface area contributed by atoms with Crippen LogP contribution in [0.4, 0.5) is 11.4 Å². The quantitative estimate of drug-likeness (QED) is 0.803. The molecule has 1 amide bonds. The van der Waals surface area contributed by atoms with Crippen LogP contribution in [0.15, 0.2) is 18.2 Å². The van der Waals surface area contributed by atoms with Crippen LogP contribution in [-0.2, 0) is 4.79 Å². The molecule has 1 aliphatic rings. The van der Waals surface area contributed by atoms with Gasteiger partial charge in [0.1, 0.15) is 11.4 Å². The Hall–Kier alpha value is -2.56. The topological polar surface area (TPSA) is 54.5 Å². The molecule has 0 saturated carbocycles. The molecule has 0 unspecified atom stereocenters. The zero-order chi connectivity index (χ0) is 19.7. The lowest BCUT2D eigenvalue weighted by atomic mass is 10.1. The Morgan fingerprint density at radius 1 is 1.11 bits per heavy atom. The van der Waals surface area contributed by atoms with E-state index in [1.807, 2.05) is 26.8 Å². The molecule has 27 heavy (non-hydrogen) atoms. The third-order valence-corrected chi connectivity index (χ3v) is 5.17. The van der Waals surface area contributed by atoms with Crippen molar-refractivity contribution >= 4 is 17.3 Å². The van der Waals surface area contributed by atoms with Crippen LogP contribution in [0.25, 0.3) is 0 Å². The normalized spacial score (nSPS) is 13.6. The van der Waals surface area contributed by atoms with Crippen molar-refractivity contribution in [3.8, 4) is 11.6 Å². The standard InChI is InChI=1S/C22H29N3O2/c1-7-17(8-2)25-12-19(26)24-20-18(25)11-16(6)23-22(20)27-21-14(4)9-13(3)10-15(21)5/h9-11,17H,7-8,12H2,1-6H3,(H,24,26). The van der Waals surface area contributed by atoms with Gasteiger partial charge in [0, 0.05) is 11.7 Å². The van der Waals surface area contributed by atoms with Gasteiger partial charge in [-0.25, -0.2) is 4.98 Å². The Morgan fingerprint density at radius 2 is 1.74 bits per heavy atom. The number of benzene rings is 1. The van der Waals surface area contributed by atoms with Crippen LogP contribution in [0.1, 0.15) is 49.1 Å². The summed E-state index contributed by atoms with van der Waals surface area (Å²) in [6.07, 6.45) is 1.97. The highest BCUT2D eigenvalue weighted by Crippen LogP contribution is 2.41. The Kier molecular flexibility index (Phi) is 5.40. The number of carbonyl (C=O) groups excluding carboxylic acids is 1. The van der Waals surface area contributed by atoms with Gasteiger partial charge in [0.05, 0.1) is 12.2 Å². The molecule has 0 fully saturated rings. The molecule has 144 valence electrons. The van der Waals surface area contributed by atoms with E-state index in [1.165, 1.54) is 5.56 Å². The van der Waals surface area contributed by atoms with Gasteiger partial charge in [0.2, 0.25) is 11.8 Å². The Labute approximate surface area is 161 Å². The third-order valence-electron chi connectivity index (χ3n) is 5.17. The van der Waals surface area contributed by atoms with E-state index >= 15 is 0 Å². The number of nitrogens with zero attached hydrogens (tertiary/aromatic N) is 2. The van der Waals surface area contributed by atoms with Crippen molar-refractivity contribution in [2.75, 3.05) is 16.8 Å². The molecule has 3 rings (SSSR count). The molecular weight excluding hydrogens is 338 g/mol. The van der Waals surface area contributed by atoms with Gasteiger partial charge in [-0.1, -0.05) is 31.5 Å². The second-order valence-corrected chi connectivity index (χ2v) is 7.44. The van der Waals surface area contributed by atoms with E-state index in [1.54, 1.807) is 0 Å². The summed E-state index contributed by atoms with van der Waals surface area (Å²) >= 11 is 0. The number of amides is 1. The van der Waals surface area contributed by atoms with Crippen molar-refractivity contribution in [3.63, 3.8) is 0 Å². The molecule has 5 heteroatoms. The van der Waals surface area contributed by atoms with Crippen LogP contribution < -0.4 is 15.0 Å². The highest BCUT2D eigenvalue weighted by Gasteiger charge is 2.30. The fourth-order valence-electron chi connectivity index (χ4n) is 3.94. The fraction of sp³-hybridized carbons (Fsp3) is 0.455.